The first-order chi connectivity index (χ1) is 14.4. The Kier molecular flexibility index (Phi) is 6.74. The Morgan fingerprint density at radius 2 is 1.63 bits per heavy atom. The first-order valence-corrected chi connectivity index (χ1v) is 10.8. The van der Waals surface area contributed by atoms with Gasteiger partial charge in [0.05, 0.1) is 19.4 Å². The van der Waals surface area contributed by atoms with Crippen molar-refractivity contribution in [3.8, 4) is 17.2 Å². The number of hydrogen-bond acceptors (Lipinski definition) is 6. The van der Waals surface area contributed by atoms with Gasteiger partial charge in [0.25, 0.3) is 0 Å². The second kappa shape index (κ2) is 9.45. The summed E-state index contributed by atoms with van der Waals surface area (Å²) < 4.78 is 41.3. The van der Waals surface area contributed by atoms with E-state index in [2.05, 4.69) is 4.99 Å². The topological polar surface area (TPSA) is 74.2 Å². The molecule has 30 heavy (non-hydrogen) atoms. The van der Waals surface area contributed by atoms with Gasteiger partial charge in [-0.3, -0.25) is 4.99 Å². The van der Waals surface area contributed by atoms with Gasteiger partial charge in [-0.15, -0.1) is 0 Å². The fourth-order valence-electron chi connectivity index (χ4n) is 2.63. The SMILES string of the molecule is CCOc1cc(C=Nc2ccc(OC)cc2)ccc1OS(=O)(=O)c1ccc(C)cc1. The van der Waals surface area contributed by atoms with E-state index in [-0.39, 0.29) is 10.6 Å². The molecule has 0 unspecified atom stereocenters. The van der Waals surface area contributed by atoms with Crippen LogP contribution in [0, 0.1) is 6.92 Å². The molecule has 0 N–H and O–H groups in total. The molecular weight excluding hydrogens is 402 g/mol. The lowest BCUT2D eigenvalue weighted by atomic mass is 10.2. The summed E-state index contributed by atoms with van der Waals surface area (Å²) in [7, 11) is -2.36. The molecule has 0 aliphatic rings. The fraction of sp³-hybridized carbons (Fsp3) is 0.174. The molecule has 3 aromatic carbocycles. The summed E-state index contributed by atoms with van der Waals surface area (Å²) in [5, 5.41) is 0. The van der Waals surface area contributed by atoms with Crippen molar-refractivity contribution in [2.24, 2.45) is 4.99 Å². The van der Waals surface area contributed by atoms with Crippen molar-refractivity contribution in [1.29, 1.82) is 0 Å². The van der Waals surface area contributed by atoms with Gasteiger partial charge in [-0.1, -0.05) is 17.7 Å². The molecule has 0 aromatic heterocycles. The van der Waals surface area contributed by atoms with Crippen molar-refractivity contribution in [3.05, 3.63) is 77.9 Å². The zero-order valence-corrected chi connectivity index (χ0v) is 17.8. The lowest BCUT2D eigenvalue weighted by Crippen LogP contribution is -2.11. The minimum absolute atomic E-state index is 0.0840. The van der Waals surface area contributed by atoms with Crippen LogP contribution in [-0.2, 0) is 10.1 Å². The monoisotopic (exact) mass is 425 g/mol. The number of rotatable bonds is 8. The number of hydrogen-bond donors (Lipinski definition) is 0. The summed E-state index contributed by atoms with van der Waals surface area (Å²) in [5.41, 5.74) is 2.47. The molecule has 156 valence electrons. The van der Waals surface area contributed by atoms with Crippen LogP contribution in [0.5, 0.6) is 17.2 Å². The van der Waals surface area contributed by atoms with Crippen molar-refractivity contribution in [2.45, 2.75) is 18.7 Å². The minimum atomic E-state index is -3.97. The highest BCUT2D eigenvalue weighted by Gasteiger charge is 2.19. The van der Waals surface area contributed by atoms with E-state index < -0.39 is 10.1 Å². The molecule has 0 heterocycles. The lowest BCUT2D eigenvalue weighted by Gasteiger charge is -2.12. The summed E-state index contributed by atoms with van der Waals surface area (Å²) in [4.78, 5) is 4.50. The fourth-order valence-corrected chi connectivity index (χ4v) is 3.57. The molecule has 0 atom stereocenters. The predicted octanol–water partition coefficient (Wildman–Crippen LogP) is 4.92. The Morgan fingerprint density at radius 3 is 2.27 bits per heavy atom. The number of aryl methyl sites for hydroxylation is 1. The standard InChI is InChI=1S/C23H23NO5S/c1-4-28-23-15-18(16-24-19-8-10-20(27-3)11-9-19)7-14-22(23)29-30(25,26)21-12-5-17(2)6-13-21/h5-16H,4H2,1-3H3. The molecule has 3 aromatic rings. The molecule has 0 aliphatic carbocycles. The van der Waals surface area contributed by atoms with Gasteiger partial charge in [0.15, 0.2) is 11.5 Å². The summed E-state index contributed by atoms with van der Waals surface area (Å²) in [6, 6.07) is 18.8. The van der Waals surface area contributed by atoms with Crippen molar-refractivity contribution in [3.63, 3.8) is 0 Å². The molecular formula is C23H23NO5S. The van der Waals surface area contributed by atoms with Gasteiger partial charge in [0.1, 0.15) is 10.6 Å². The van der Waals surface area contributed by atoms with E-state index in [1.165, 1.54) is 12.1 Å². The molecule has 0 aliphatic heterocycles. The van der Waals surface area contributed by atoms with Crippen molar-refractivity contribution in [1.82, 2.24) is 0 Å². The third kappa shape index (κ3) is 5.39. The van der Waals surface area contributed by atoms with E-state index in [9.17, 15) is 8.42 Å². The Morgan fingerprint density at radius 1 is 0.933 bits per heavy atom. The number of methoxy groups -OCH3 is 1. The van der Waals surface area contributed by atoms with Gasteiger partial charge in [-0.05, 0) is 74.0 Å². The van der Waals surface area contributed by atoms with Gasteiger partial charge in [0.2, 0.25) is 0 Å². The normalized spacial score (nSPS) is 11.4. The highest BCUT2D eigenvalue weighted by atomic mass is 32.2. The molecule has 0 fully saturated rings. The van der Waals surface area contributed by atoms with Gasteiger partial charge in [-0.25, -0.2) is 0 Å². The molecule has 0 spiro atoms. The second-order valence-electron chi connectivity index (χ2n) is 6.45. The largest absolute Gasteiger partial charge is 0.497 e. The van der Waals surface area contributed by atoms with Crippen molar-refractivity contribution >= 4 is 22.0 Å². The second-order valence-corrected chi connectivity index (χ2v) is 7.99. The smallest absolute Gasteiger partial charge is 0.339 e. The van der Waals surface area contributed by atoms with Gasteiger partial charge >= 0.3 is 10.1 Å². The highest BCUT2D eigenvalue weighted by molar-refractivity contribution is 7.87. The zero-order chi connectivity index (χ0) is 21.6. The number of benzene rings is 3. The van der Waals surface area contributed by atoms with Crippen LogP contribution in [0.1, 0.15) is 18.1 Å². The Labute approximate surface area is 176 Å². The maximum absolute atomic E-state index is 12.6. The molecule has 7 heteroatoms. The van der Waals surface area contributed by atoms with Crippen molar-refractivity contribution in [2.75, 3.05) is 13.7 Å². The summed E-state index contributed by atoms with van der Waals surface area (Å²) in [5.74, 6) is 1.20. The van der Waals surface area contributed by atoms with Crippen LogP contribution < -0.4 is 13.7 Å². The highest BCUT2D eigenvalue weighted by Crippen LogP contribution is 2.31. The van der Waals surface area contributed by atoms with Crippen LogP contribution in [-0.4, -0.2) is 28.3 Å². The van der Waals surface area contributed by atoms with Crippen LogP contribution >= 0.6 is 0 Å². The first kappa shape index (κ1) is 21.4. The molecule has 3 rings (SSSR count). The lowest BCUT2D eigenvalue weighted by molar-refractivity contribution is 0.327. The molecule has 0 saturated heterocycles. The predicted molar refractivity (Wildman–Crippen MR) is 117 cm³/mol. The Bertz CT molecular complexity index is 1120. The minimum Gasteiger partial charge on any atom is -0.497 e. The first-order valence-electron chi connectivity index (χ1n) is 9.37. The van der Waals surface area contributed by atoms with Crippen molar-refractivity contribution < 1.29 is 22.1 Å². The van der Waals surface area contributed by atoms with Crippen LogP contribution in [0.15, 0.2) is 76.6 Å². The van der Waals surface area contributed by atoms with Gasteiger partial charge < -0.3 is 13.7 Å². The summed E-state index contributed by atoms with van der Waals surface area (Å²) in [6.07, 6.45) is 1.67. The van der Waals surface area contributed by atoms with E-state index in [1.54, 1.807) is 43.7 Å². The summed E-state index contributed by atoms with van der Waals surface area (Å²) in [6.45, 7) is 4.06. The number of ether oxygens (including phenoxy) is 2. The van der Waals surface area contributed by atoms with Crippen LogP contribution in [0.2, 0.25) is 0 Å². The molecule has 0 radical (unpaired) electrons. The third-order valence-electron chi connectivity index (χ3n) is 4.21. The van der Waals surface area contributed by atoms with E-state index in [0.717, 1.165) is 22.6 Å². The number of aliphatic imine (C=N–C) groups is 1. The zero-order valence-electron chi connectivity index (χ0n) is 17.0. The Hall–Kier alpha value is -3.32. The van der Waals surface area contributed by atoms with E-state index in [0.29, 0.717) is 12.4 Å². The molecule has 0 amide bonds. The van der Waals surface area contributed by atoms with E-state index in [4.69, 9.17) is 13.7 Å². The van der Waals surface area contributed by atoms with Gasteiger partial charge in [-0.2, -0.15) is 8.42 Å². The van der Waals surface area contributed by atoms with E-state index >= 15 is 0 Å². The summed E-state index contributed by atoms with van der Waals surface area (Å²) >= 11 is 0. The quantitative estimate of drug-likeness (QED) is 0.378. The van der Waals surface area contributed by atoms with Crippen LogP contribution in [0.4, 0.5) is 5.69 Å². The Balaban J connectivity index is 1.83. The maximum Gasteiger partial charge on any atom is 0.339 e. The van der Waals surface area contributed by atoms with Crippen LogP contribution in [0.25, 0.3) is 0 Å². The average Bonchev–Trinajstić information content (AvgIpc) is 2.74. The number of nitrogens with zero attached hydrogens (tertiary/aromatic N) is 1. The molecule has 0 saturated carbocycles. The third-order valence-corrected chi connectivity index (χ3v) is 5.46. The van der Waals surface area contributed by atoms with Gasteiger partial charge in [0, 0.05) is 6.21 Å². The van der Waals surface area contributed by atoms with E-state index in [1.807, 2.05) is 38.1 Å². The van der Waals surface area contributed by atoms with Crippen LogP contribution in [0.3, 0.4) is 0 Å². The molecule has 0 bridgehead atoms. The molecule has 6 nitrogen and oxygen atoms in total. The average molecular weight is 426 g/mol. The maximum atomic E-state index is 12.6.